The number of nitrogens with zero attached hydrogens (tertiary/aromatic N) is 3. The number of benzene rings is 7. The summed E-state index contributed by atoms with van der Waals surface area (Å²) in [6.07, 6.45) is 0. The minimum Gasteiger partial charge on any atom is -0.277 e. The van der Waals surface area contributed by atoms with Crippen molar-refractivity contribution in [3.8, 4) is 5.69 Å². The van der Waals surface area contributed by atoms with Gasteiger partial charge in [0.25, 0.3) is 11.1 Å². The first kappa shape index (κ1) is 27.5. The van der Waals surface area contributed by atoms with Crippen LogP contribution in [-0.4, -0.2) is 14.0 Å². The molecule has 0 saturated carbocycles. The van der Waals surface area contributed by atoms with E-state index in [2.05, 4.69) is 6.58 Å². The summed E-state index contributed by atoms with van der Waals surface area (Å²) in [7, 11) is 0. The Kier molecular flexibility index (Phi) is 5.28. The van der Waals surface area contributed by atoms with Crippen molar-refractivity contribution in [1.82, 2.24) is 14.0 Å². The van der Waals surface area contributed by atoms with E-state index >= 15 is 0 Å². The number of halogens is 4. The van der Waals surface area contributed by atoms with Gasteiger partial charge in [0.2, 0.25) is 0 Å². The van der Waals surface area contributed by atoms with Crippen LogP contribution in [0.15, 0.2) is 82.4 Å². The lowest BCUT2D eigenvalue weighted by Gasteiger charge is -2.22. The zero-order valence-electron chi connectivity index (χ0n) is 24.3. The molecular weight excluding hydrogens is 672 g/mol. The highest BCUT2D eigenvalue weighted by Gasteiger charge is 2.28. The van der Waals surface area contributed by atoms with Gasteiger partial charge in [-0.3, -0.25) is 18.6 Å². The van der Waals surface area contributed by atoms with Crippen molar-refractivity contribution in [2.75, 3.05) is 0 Å². The first-order valence-corrected chi connectivity index (χ1v) is 16.3. The molecule has 0 aliphatic rings. The SMILES string of the molecule is C=c1c2cc(Cl)c3c4c(Cl)cc5c(=O)n6c7ccccc7nc6c6cc(Cl)c(c7c(Cl)cc(c(=O)n1-c1ccccc1C)c2c37)c4c56. The van der Waals surface area contributed by atoms with E-state index in [9.17, 15) is 9.59 Å². The molecular formula is C38H17Cl4N3O2. The molecule has 5 nitrogen and oxygen atoms in total. The van der Waals surface area contributed by atoms with E-state index < -0.39 is 0 Å². The number of aryl methyl sites for hydroxylation is 1. The van der Waals surface area contributed by atoms with E-state index in [0.717, 1.165) is 11.3 Å². The van der Waals surface area contributed by atoms with Gasteiger partial charge in [-0.15, -0.1) is 0 Å². The molecule has 0 atom stereocenters. The summed E-state index contributed by atoms with van der Waals surface area (Å²) < 4.78 is 3.22. The average molecular weight is 689 g/mol. The second-order valence-corrected chi connectivity index (χ2v) is 13.7. The maximum absolute atomic E-state index is 14.3. The number of hydrogen-bond acceptors (Lipinski definition) is 3. The van der Waals surface area contributed by atoms with Crippen molar-refractivity contribution in [1.29, 1.82) is 0 Å². The quantitative estimate of drug-likeness (QED) is 0.127. The van der Waals surface area contributed by atoms with Gasteiger partial charge in [-0.1, -0.05) is 83.3 Å². The fourth-order valence-corrected chi connectivity index (χ4v) is 9.02. The molecule has 0 bridgehead atoms. The van der Waals surface area contributed by atoms with Gasteiger partial charge in [-0.25, -0.2) is 4.98 Å². The molecule has 9 heteroatoms. The molecule has 47 heavy (non-hydrogen) atoms. The van der Waals surface area contributed by atoms with Gasteiger partial charge >= 0.3 is 0 Å². The van der Waals surface area contributed by atoms with Crippen LogP contribution in [0.3, 0.4) is 0 Å². The number of rotatable bonds is 1. The second-order valence-electron chi connectivity index (χ2n) is 12.1. The molecule has 224 valence electrons. The van der Waals surface area contributed by atoms with Crippen LogP contribution < -0.4 is 16.5 Å². The molecule has 0 aliphatic carbocycles. The number of pyridine rings is 2. The Morgan fingerprint density at radius 2 is 1.11 bits per heavy atom. The smallest absolute Gasteiger partial charge is 0.264 e. The van der Waals surface area contributed by atoms with Crippen molar-refractivity contribution in [2.24, 2.45) is 0 Å². The molecule has 0 saturated heterocycles. The Morgan fingerprint density at radius 1 is 0.596 bits per heavy atom. The summed E-state index contributed by atoms with van der Waals surface area (Å²) in [6.45, 7) is 6.33. The Morgan fingerprint density at radius 3 is 1.74 bits per heavy atom. The van der Waals surface area contributed by atoms with Crippen LogP contribution in [0, 0.1) is 6.92 Å². The number of hydrogen-bond donors (Lipinski definition) is 0. The highest BCUT2D eigenvalue weighted by atomic mass is 35.5. The highest BCUT2D eigenvalue weighted by Crippen LogP contribution is 2.52. The van der Waals surface area contributed by atoms with E-state index in [4.69, 9.17) is 51.4 Å². The lowest BCUT2D eigenvalue weighted by atomic mass is 9.85. The molecule has 0 N–H and O–H groups in total. The molecule has 0 fully saturated rings. The number of fused-ring (bicyclic) bond motifs is 6. The third kappa shape index (κ3) is 3.20. The summed E-state index contributed by atoms with van der Waals surface area (Å²) in [5, 5.41) is 9.39. The van der Waals surface area contributed by atoms with Crippen molar-refractivity contribution in [2.45, 2.75) is 6.92 Å². The van der Waals surface area contributed by atoms with Gasteiger partial charge in [0.05, 0.1) is 27.5 Å². The summed E-state index contributed by atoms with van der Waals surface area (Å²) in [4.78, 5) is 33.4. The van der Waals surface area contributed by atoms with Gasteiger partial charge in [-0.2, -0.15) is 0 Å². The fourth-order valence-electron chi connectivity index (χ4n) is 7.82. The molecule has 3 heterocycles. The van der Waals surface area contributed by atoms with Crippen molar-refractivity contribution in [3.05, 3.63) is 125 Å². The Bertz CT molecular complexity index is 3170. The first-order chi connectivity index (χ1) is 22.7. The molecule has 10 rings (SSSR count). The van der Waals surface area contributed by atoms with E-state index in [1.54, 1.807) is 21.1 Å². The molecule has 0 aliphatic heterocycles. The lowest BCUT2D eigenvalue weighted by Crippen LogP contribution is -2.32. The zero-order chi connectivity index (χ0) is 32.2. The van der Waals surface area contributed by atoms with Gasteiger partial charge < -0.3 is 0 Å². The standard InChI is InChI=1S/C38H17Cl4N3O2/c1-15-7-3-5-9-26(15)44-16(2)17-11-21(39)30-33-24(42)14-20-29-18(36-43-25-8-4-6-10-27(25)45(36)38(20)47)12-22(40)31(35(29)33)32-23(41)13-19(37(44)46)28(17)34(30)32/h3-14H,2H2,1H3. The third-order valence-corrected chi connectivity index (χ3v) is 10.9. The Hall–Kier alpha value is -4.65. The van der Waals surface area contributed by atoms with Gasteiger partial charge in [0.15, 0.2) is 0 Å². The number of para-hydroxylation sites is 3. The molecule has 0 unspecified atom stereocenters. The topological polar surface area (TPSA) is 56.4 Å². The van der Waals surface area contributed by atoms with E-state index in [0.29, 0.717) is 107 Å². The summed E-state index contributed by atoms with van der Waals surface area (Å²) in [5.74, 6) is 0. The van der Waals surface area contributed by atoms with E-state index in [-0.39, 0.29) is 11.1 Å². The van der Waals surface area contributed by atoms with Crippen molar-refractivity contribution in [3.63, 3.8) is 0 Å². The zero-order valence-corrected chi connectivity index (χ0v) is 27.3. The molecule has 0 spiro atoms. The number of aromatic nitrogens is 3. The van der Waals surface area contributed by atoms with Crippen LogP contribution in [0.4, 0.5) is 0 Å². The molecule has 7 aromatic carbocycles. The molecule has 0 radical (unpaired) electrons. The van der Waals surface area contributed by atoms with Gasteiger partial charge in [0, 0.05) is 79.3 Å². The van der Waals surface area contributed by atoms with Crippen LogP contribution in [0.1, 0.15) is 5.56 Å². The monoisotopic (exact) mass is 687 g/mol. The molecule has 10 aromatic rings. The number of imidazole rings is 1. The van der Waals surface area contributed by atoms with Crippen LogP contribution in [-0.2, 0) is 0 Å². The van der Waals surface area contributed by atoms with Crippen LogP contribution in [0.2, 0.25) is 20.1 Å². The van der Waals surface area contributed by atoms with Gasteiger partial charge in [0.1, 0.15) is 5.65 Å². The predicted octanol–water partition coefficient (Wildman–Crippen LogP) is 9.84. The minimum absolute atomic E-state index is 0.241. The van der Waals surface area contributed by atoms with Crippen LogP contribution in [0.5, 0.6) is 0 Å². The first-order valence-electron chi connectivity index (χ1n) is 14.8. The fraction of sp³-hybridized carbons (Fsp3) is 0.0263. The maximum atomic E-state index is 14.3. The molecule has 0 amide bonds. The van der Waals surface area contributed by atoms with Crippen molar-refractivity contribution >= 4 is 134 Å². The van der Waals surface area contributed by atoms with E-state index in [1.807, 2.05) is 67.6 Å². The Balaban J connectivity index is 1.52. The largest absolute Gasteiger partial charge is 0.277 e. The molecule has 3 aromatic heterocycles. The van der Waals surface area contributed by atoms with Crippen LogP contribution in [0.25, 0.3) is 93.6 Å². The highest BCUT2D eigenvalue weighted by molar-refractivity contribution is 6.56. The summed E-state index contributed by atoms with van der Waals surface area (Å²) in [6, 6.07) is 22.2. The predicted molar refractivity (Wildman–Crippen MR) is 197 cm³/mol. The lowest BCUT2D eigenvalue weighted by molar-refractivity contribution is 0.968. The maximum Gasteiger partial charge on any atom is 0.264 e. The minimum atomic E-state index is -0.253. The van der Waals surface area contributed by atoms with Crippen LogP contribution >= 0.6 is 46.4 Å². The summed E-state index contributed by atoms with van der Waals surface area (Å²) in [5.41, 5.74) is 3.03. The third-order valence-electron chi connectivity index (χ3n) is 9.72. The average Bonchev–Trinajstić information content (AvgIpc) is 3.45. The van der Waals surface area contributed by atoms with Gasteiger partial charge in [-0.05, 0) is 55.0 Å². The normalized spacial score (nSPS) is 12.6. The second kappa shape index (κ2) is 9.03. The van der Waals surface area contributed by atoms with E-state index in [1.165, 1.54) is 0 Å². The summed E-state index contributed by atoms with van der Waals surface area (Å²) >= 11 is 28.8. The Labute approximate surface area is 284 Å². The van der Waals surface area contributed by atoms with Crippen molar-refractivity contribution < 1.29 is 0 Å².